The van der Waals surface area contributed by atoms with Crippen molar-refractivity contribution in [2.45, 2.75) is 19.6 Å². The molecule has 5 heteroatoms. The highest BCUT2D eigenvalue weighted by Crippen LogP contribution is 2.22. The second-order valence-corrected chi connectivity index (χ2v) is 7.66. The predicted octanol–water partition coefficient (Wildman–Crippen LogP) is 4.38. The standard InChI is InChI=1S/C26H30N2O3/c1-20(31-25-15-11-23(12-16-25)22-7-5-4-6-8-22)26(29)27-19-21-9-13-24(14-10-21)30-18-17-28(2)3/h4-16,20H,17-19H2,1-3H3,(H,27,29). The minimum atomic E-state index is -0.587. The highest BCUT2D eigenvalue weighted by atomic mass is 16.5. The van der Waals surface area contributed by atoms with E-state index in [1.807, 2.05) is 80.8 Å². The fourth-order valence-electron chi connectivity index (χ4n) is 3.00. The van der Waals surface area contributed by atoms with Gasteiger partial charge < -0.3 is 19.7 Å². The summed E-state index contributed by atoms with van der Waals surface area (Å²) in [5, 5.41) is 2.92. The first-order valence-corrected chi connectivity index (χ1v) is 10.5. The topological polar surface area (TPSA) is 50.8 Å². The molecule has 1 N–H and O–H groups in total. The van der Waals surface area contributed by atoms with E-state index in [1.165, 1.54) is 0 Å². The molecule has 0 saturated carbocycles. The monoisotopic (exact) mass is 418 g/mol. The number of rotatable bonds is 10. The zero-order valence-corrected chi connectivity index (χ0v) is 18.4. The van der Waals surface area contributed by atoms with Gasteiger partial charge in [-0.3, -0.25) is 4.79 Å². The van der Waals surface area contributed by atoms with Crippen LogP contribution in [0.3, 0.4) is 0 Å². The Labute approximate surface area is 184 Å². The van der Waals surface area contributed by atoms with Crippen molar-refractivity contribution in [1.29, 1.82) is 0 Å². The zero-order chi connectivity index (χ0) is 22.1. The van der Waals surface area contributed by atoms with Crippen LogP contribution >= 0.6 is 0 Å². The van der Waals surface area contributed by atoms with Crippen LogP contribution in [0.5, 0.6) is 11.5 Å². The summed E-state index contributed by atoms with van der Waals surface area (Å²) in [6, 6.07) is 25.7. The molecule has 31 heavy (non-hydrogen) atoms. The highest BCUT2D eigenvalue weighted by molar-refractivity contribution is 5.80. The van der Waals surface area contributed by atoms with E-state index in [9.17, 15) is 4.79 Å². The predicted molar refractivity (Wildman–Crippen MR) is 124 cm³/mol. The fraction of sp³-hybridized carbons (Fsp3) is 0.269. The minimum Gasteiger partial charge on any atom is -0.492 e. The molecule has 0 fully saturated rings. The van der Waals surface area contributed by atoms with Gasteiger partial charge in [-0.05, 0) is 62.0 Å². The van der Waals surface area contributed by atoms with E-state index < -0.39 is 6.10 Å². The molecule has 0 aromatic heterocycles. The summed E-state index contributed by atoms with van der Waals surface area (Å²) >= 11 is 0. The van der Waals surface area contributed by atoms with Crippen LogP contribution in [0.4, 0.5) is 0 Å². The van der Waals surface area contributed by atoms with Crippen LogP contribution in [0.25, 0.3) is 11.1 Å². The number of likely N-dealkylation sites (N-methyl/N-ethyl adjacent to an activating group) is 1. The Hall–Kier alpha value is -3.31. The zero-order valence-electron chi connectivity index (χ0n) is 18.4. The Morgan fingerprint density at radius 1 is 0.871 bits per heavy atom. The Morgan fingerprint density at radius 3 is 2.13 bits per heavy atom. The first kappa shape index (κ1) is 22.4. The van der Waals surface area contributed by atoms with E-state index in [-0.39, 0.29) is 5.91 Å². The van der Waals surface area contributed by atoms with Gasteiger partial charge in [0.1, 0.15) is 18.1 Å². The number of carbonyl (C=O) groups is 1. The van der Waals surface area contributed by atoms with Gasteiger partial charge in [-0.25, -0.2) is 0 Å². The lowest BCUT2D eigenvalue weighted by Gasteiger charge is -2.15. The molecular weight excluding hydrogens is 388 g/mol. The lowest BCUT2D eigenvalue weighted by Crippen LogP contribution is -2.35. The van der Waals surface area contributed by atoms with Crippen LogP contribution < -0.4 is 14.8 Å². The number of nitrogens with zero attached hydrogens (tertiary/aromatic N) is 1. The van der Waals surface area contributed by atoms with Gasteiger partial charge in [0.25, 0.3) is 5.91 Å². The molecule has 1 amide bonds. The summed E-state index contributed by atoms with van der Waals surface area (Å²) in [5.41, 5.74) is 3.26. The molecule has 0 aliphatic heterocycles. The van der Waals surface area contributed by atoms with Crippen LogP contribution in [0.2, 0.25) is 0 Å². The van der Waals surface area contributed by atoms with Gasteiger partial charge in [0, 0.05) is 13.1 Å². The molecule has 1 unspecified atom stereocenters. The summed E-state index contributed by atoms with van der Waals surface area (Å²) in [6.45, 7) is 3.70. The average Bonchev–Trinajstić information content (AvgIpc) is 2.79. The SMILES string of the molecule is CC(Oc1ccc(-c2ccccc2)cc1)C(=O)NCc1ccc(OCCN(C)C)cc1. The Balaban J connectivity index is 1.45. The summed E-state index contributed by atoms with van der Waals surface area (Å²) in [4.78, 5) is 14.5. The molecule has 162 valence electrons. The third-order valence-electron chi connectivity index (χ3n) is 4.84. The van der Waals surface area contributed by atoms with Crippen molar-refractivity contribution in [2.75, 3.05) is 27.2 Å². The normalized spacial score (nSPS) is 11.7. The first-order valence-electron chi connectivity index (χ1n) is 10.5. The Bertz CT molecular complexity index is 939. The summed E-state index contributed by atoms with van der Waals surface area (Å²) < 4.78 is 11.5. The minimum absolute atomic E-state index is 0.154. The highest BCUT2D eigenvalue weighted by Gasteiger charge is 2.14. The van der Waals surface area contributed by atoms with Crippen molar-refractivity contribution in [1.82, 2.24) is 10.2 Å². The van der Waals surface area contributed by atoms with E-state index in [0.29, 0.717) is 18.9 Å². The van der Waals surface area contributed by atoms with Crippen LogP contribution in [-0.2, 0) is 11.3 Å². The van der Waals surface area contributed by atoms with Gasteiger partial charge in [0.15, 0.2) is 6.10 Å². The number of amides is 1. The molecule has 0 spiro atoms. The maximum absolute atomic E-state index is 12.4. The molecule has 3 aromatic rings. The number of benzene rings is 3. The molecule has 0 bridgehead atoms. The number of carbonyl (C=O) groups excluding carboxylic acids is 1. The van der Waals surface area contributed by atoms with E-state index >= 15 is 0 Å². The third kappa shape index (κ3) is 7.15. The molecule has 0 aliphatic carbocycles. The largest absolute Gasteiger partial charge is 0.492 e. The molecule has 0 heterocycles. The number of ether oxygens (including phenoxy) is 2. The fourth-order valence-corrected chi connectivity index (χ4v) is 3.00. The summed E-state index contributed by atoms with van der Waals surface area (Å²) in [5.74, 6) is 1.34. The van der Waals surface area contributed by atoms with Crippen molar-refractivity contribution < 1.29 is 14.3 Å². The van der Waals surface area contributed by atoms with Gasteiger partial charge in [0.2, 0.25) is 0 Å². The molecule has 0 radical (unpaired) electrons. The van der Waals surface area contributed by atoms with Crippen LogP contribution in [-0.4, -0.2) is 44.2 Å². The number of hydrogen-bond acceptors (Lipinski definition) is 4. The lowest BCUT2D eigenvalue weighted by atomic mass is 10.1. The van der Waals surface area contributed by atoms with Crippen LogP contribution in [0, 0.1) is 0 Å². The average molecular weight is 419 g/mol. The van der Waals surface area contributed by atoms with Crippen molar-refractivity contribution in [3.8, 4) is 22.6 Å². The van der Waals surface area contributed by atoms with Crippen molar-refractivity contribution in [3.63, 3.8) is 0 Å². The van der Waals surface area contributed by atoms with Crippen LogP contribution in [0.15, 0.2) is 78.9 Å². The lowest BCUT2D eigenvalue weighted by molar-refractivity contribution is -0.127. The van der Waals surface area contributed by atoms with Gasteiger partial charge in [-0.2, -0.15) is 0 Å². The third-order valence-corrected chi connectivity index (χ3v) is 4.84. The second kappa shape index (κ2) is 11.2. The van der Waals surface area contributed by atoms with Gasteiger partial charge in [-0.15, -0.1) is 0 Å². The van der Waals surface area contributed by atoms with E-state index in [2.05, 4.69) is 22.3 Å². The maximum Gasteiger partial charge on any atom is 0.261 e. The molecular formula is C26H30N2O3. The quantitative estimate of drug-likeness (QED) is 0.531. The molecule has 1 atom stereocenters. The first-order chi connectivity index (χ1) is 15.0. The number of hydrogen-bond donors (Lipinski definition) is 1. The summed E-state index contributed by atoms with van der Waals surface area (Å²) in [7, 11) is 4.03. The number of nitrogens with one attached hydrogen (secondary N) is 1. The smallest absolute Gasteiger partial charge is 0.261 e. The van der Waals surface area contributed by atoms with Gasteiger partial charge in [-0.1, -0.05) is 54.6 Å². The molecule has 5 nitrogen and oxygen atoms in total. The van der Waals surface area contributed by atoms with E-state index in [1.54, 1.807) is 6.92 Å². The maximum atomic E-state index is 12.4. The van der Waals surface area contributed by atoms with Gasteiger partial charge in [0.05, 0.1) is 0 Å². The van der Waals surface area contributed by atoms with Crippen LogP contribution in [0.1, 0.15) is 12.5 Å². The van der Waals surface area contributed by atoms with Gasteiger partial charge >= 0.3 is 0 Å². The van der Waals surface area contributed by atoms with Crippen molar-refractivity contribution in [3.05, 3.63) is 84.4 Å². The molecule has 3 aromatic carbocycles. The van der Waals surface area contributed by atoms with E-state index in [4.69, 9.17) is 9.47 Å². The molecule has 3 rings (SSSR count). The summed E-state index contributed by atoms with van der Waals surface area (Å²) in [6.07, 6.45) is -0.587. The second-order valence-electron chi connectivity index (χ2n) is 7.66. The van der Waals surface area contributed by atoms with E-state index in [0.717, 1.165) is 29.0 Å². The van der Waals surface area contributed by atoms with Crippen molar-refractivity contribution in [2.24, 2.45) is 0 Å². The Morgan fingerprint density at radius 2 is 1.48 bits per heavy atom. The molecule has 0 aliphatic rings. The molecule has 0 saturated heterocycles. The Kier molecular flexibility index (Phi) is 8.07. The van der Waals surface area contributed by atoms with Crippen molar-refractivity contribution >= 4 is 5.91 Å².